The fourth-order valence-corrected chi connectivity index (χ4v) is 7.72. The third kappa shape index (κ3) is 7.13. The number of hydrogen-bond donors (Lipinski definition) is 0. The number of nitrogens with zero attached hydrogens (tertiary/aromatic N) is 5. The average molecular weight is 548 g/mol. The van der Waals surface area contributed by atoms with Crippen LogP contribution in [0, 0.1) is 24.7 Å². The van der Waals surface area contributed by atoms with E-state index >= 15 is 0 Å². The van der Waals surface area contributed by atoms with Crippen molar-refractivity contribution in [3.8, 4) is 0 Å². The van der Waals surface area contributed by atoms with Gasteiger partial charge in [-0.15, -0.1) is 0 Å². The highest BCUT2D eigenvalue weighted by molar-refractivity contribution is 7.88. The van der Waals surface area contributed by atoms with Gasteiger partial charge in [0, 0.05) is 43.5 Å². The molecule has 4 rings (SSSR count). The molecule has 9 heteroatoms. The number of aromatic nitrogens is 2. The zero-order valence-corrected chi connectivity index (χ0v) is 25.0. The first-order valence-corrected chi connectivity index (χ1v) is 16.7. The Morgan fingerprint density at radius 2 is 1.74 bits per heavy atom. The highest BCUT2D eigenvalue weighted by Gasteiger charge is 2.33. The van der Waals surface area contributed by atoms with Crippen LogP contribution in [0.1, 0.15) is 93.4 Å². The van der Waals surface area contributed by atoms with Crippen LogP contribution in [0.2, 0.25) is 0 Å². The Labute approximate surface area is 230 Å². The molecular formula is C29H49N5O3S. The van der Waals surface area contributed by atoms with Gasteiger partial charge < -0.3 is 9.80 Å². The van der Waals surface area contributed by atoms with Crippen LogP contribution in [-0.2, 0) is 16.4 Å². The molecule has 1 amide bonds. The first-order valence-electron chi connectivity index (χ1n) is 14.8. The molecule has 214 valence electrons. The lowest BCUT2D eigenvalue weighted by Crippen LogP contribution is -2.52. The van der Waals surface area contributed by atoms with Crippen LogP contribution >= 0.6 is 0 Å². The van der Waals surface area contributed by atoms with Crippen LogP contribution in [0.15, 0.2) is 6.33 Å². The van der Waals surface area contributed by atoms with E-state index < -0.39 is 10.0 Å². The molecular weight excluding hydrogens is 498 g/mol. The molecule has 1 aromatic rings. The summed E-state index contributed by atoms with van der Waals surface area (Å²) in [5, 5.41) is 0. The maximum Gasteiger partial charge on any atom is 0.272 e. The van der Waals surface area contributed by atoms with Crippen LogP contribution in [0.3, 0.4) is 0 Å². The van der Waals surface area contributed by atoms with E-state index in [1.54, 1.807) is 13.4 Å². The summed E-state index contributed by atoms with van der Waals surface area (Å²) in [6.07, 6.45) is 13.9. The Kier molecular flexibility index (Phi) is 9.85. The van der Waals surface area contributed by atoms with Crippen molar-refractivity contribution in [3.63, 3.8) is 0 Å². The van der Waals surface area contributed by atoms with Gasteiger partial charge in [0.1, 0.15) is 12.0 Å². The summed E-state index contributed by atoms with van der Waals surface area (Å²) in [6, 6.07) is 0.545. The molecule has 1 aliphatic carbocycles. The Bertz CT molecular complexity index is 1050. The minimum atomic E-state index is -3.15. The molecule has 38 heavy (non-hydrogen) atoms. The summed E-state index contributed by atoms with van der Waals surface area (Å²) < 4.78 is 25.3. The lowest BCUT2D eigenvalue weighted by Gasteiger charge is -2.43. The van der Waals surface area contributed by atoms with E-state index in [2.05, 4.69) is 28.7 Å². The van der Waals surface area contributed by atoms with Gasteiger partial charge in [-0.3, -0.25) is 4.79 Å². The number of likely N-dealkylation sites (tertiary alicyclic amines) is 2. The van der Waals surface area contributed by atoms with Crippen molar-refractivity contribution in [2.24, 2.45) is 17.8 Å². The molecule has 2 aliphatic heterocycles. The van der Waals surface area contributed by atoms with Crippen LogP contribution in [-0.4, -0.2) is 90.0 Å². The molecule has 2 saturated heterocycles. The number of hydrogen-bond acceptors (Lipinski definition) is 6. The highest BCUT2D eigenvalue weighted by atomic mass is 32.2. The summed E-state index contributed by atoms with van der Waals surface area (Å²) in [5.74, 6) is 2.41. The lowest BCUT2D eigenvalue weighted by atomic mass is 9.74. The molecule has 8 nitrogen and oxygen atoms in total. The predicted octanol–water partition coefficient (Wildman–Crippen LogP) is 4.14. The Morgan fingerprint density at radius 1 is 1.05 bits per heavy atom. The smallest absolute Gasteiger partial charge is 0.272 e. The molecule has 3 aliphatic rings. The quantitative estimate of drug-likeness (QED) is 0.486. The molecule has 2 atom stereocenters. The third-order valence-corrected chi connectivity index (χ3v) is 11.1. The van der Waals surface area contributed by atoms with E-state index in [1.165, 1.54) is 36.2 Å². The van der Waals surface area contributed by atoms with Gasteiger partial charge in [-0.05, 0) is 82.7 Å². The van der Waals surface area contributed by atoms with Crippen molar-refractivity contribution in [1.82, 2.24) is 24.1 Å². The molecule has 0 radical (unpaired) electrons. The Hall–Kier alpha value is -1.58. The summed E-state index contributed by atoms with van der Waals surface area (Å²) in [4.78, 5) is 26.9. The number of sulfonamides is 1. The molecule has 1 aromatic heterocycles. The Morgan fingerprint density at radius 3 is 2.37 bits per heavy atom. The number of amides is 1. The van der Waals surface area contributed by atoms with Crippen molar-refractivity contribution in [3.05, 3.63) is 23.3 Å². The second-order valence-corrected chi connectivity index (χ2v) is 14.5. The van der Waals surface area contributed by atoms with E-state index in [1.807, 2.05) is 11.8 Å². The van der Waals surface area contributed by atoms with Crippen LogP contribution in [0.25, 0.3) is 0 Å². The van der Waals surface area contributed by atoms with Crippen LogP contribution < -0.4 is 0 Å². The zero-order chi connectivity index (χ0) is 27.4. The fourth-order valence-electron chi connectivity index (χ4n) is 6.96. The van der Waals surface area contributed by atoms with Crippen molar-refractivity contribution in [2.75, 3.05) is 39.5 Å². The largest absolute Gasteiger partial charge is 0.337 e. The van der Waals surface area contributed by atoms with Crippen molar-refractivity contribution in [1.29, 1.82) is 0 Å². The van der Waals surface area contributed by atoms with Gasteiger partial charge in [0.05, 0.1) is 6.26 Å². The van der Waals surface area contributed by atoms with E-state index in [4.69, 9.17) is 0 Å². The van der Waals surface area contributed by atoms with Gasteiger partial charge in [-0.1, -0.05) is 33.1 Å². The zero-order valence-electron chi connectivity index (χ0n) is 24.2. The summed E-state index contributed by atoms with van der Waals surface area (Å²) in [5.41, 5.74) is 2.56. The molecule has 0 N–H and O–H groups in total. The van der Waals surface area contributed by atoms with Crippen molar-refractivity contribution in [2.45, 2.75) is 97.1 Å². The number of rotatable bonds is 8. The van der Waals surface area contributed by atoms with E-state index in [0.29, 0.717) is 11.7 Å². The molecule has 0 spiro atoms. The predicted molar refractivity (Wildman–Crippen MR) is 152 cm³/mol. The first-order chi connectivity index (χ1) is 18.0. The minimum Gasteiger partial charge on any atom is -0.337 e. The molecule has 2 unspecified atom stereocenters. The van der Waals surface area contributed by atoms with Crippen LogP contribution in [0.4, 0.5) is 0 Å². The number of carbonyl (C=O) groups excluding carboxylic acids is 1. The SMILES string of the molecule is Cc1c(CCC2CCCC(C(C)C)C2)ncnc1C(=O)N1CCC(N2CCC(N(C)S(C)(=O)=O)CC2)CC1. The van der Waals surface area contributed by atoms with Crippen LogP contribution in [0.5, 0.6) is 0 Å². The molecule has 3 fully saturated rings. The van der Waals surface area contributed by atoms with Crippen molar-refractivity contribution < 1.29 is 13.2 Å². The van der Waals surface area contributed by atoms with E-state index in [0.717, 1.165) is 93.7 Å². The van der Waals surface area contributed by atoms with E-state index in [-0.39, 0.29) is 11.9 Å². The van der Waals surface area contributed by atoms with Gasteiger partial charge in [0.2, 0.25) is 10.0 Å². The molecule has 3 heterocycles. The van der Waals surface area contributed by atoms with Gasteiger partial charge >= 0.3 is 0 Å². The van der Waals surface area contributed by atoms with Gasteiger partial charge in [-0.25, -0.2) is 22.7 Å². The fraction of sp³-hybridized carbons (Fsp3) is 0.828. The van der Waals surface area contributed by atoms with Gasteiger partial charge in [0.15, 0.2) is 0 Å². The molecule has 0 aromatic carbocycles. The summed E-state index contributed by atoms with van der Waals surface area (Å²) in [7, 11) is -1.46. The summed E-state index contributed by atoms with van der Waals surface area (Å²) in [6.45, 7) is 10.0. The second-order valence-electron chi connectivity index (χ2n) is 12.4. The van der Waals surface area contributed by atoms with Crippen molar-refractivity contribution >= 4 is 15.9 Å². The first kappa shape index (κ1) is 29.4. The van der Waals surface area contributed by atoms with Gasteiger partial charge in [-0.2, -0.15) is 0 Å². The molecule has 0 bridgehead atoms. The number of aryl methyl sites for hydroxylation is 1. The third-order valence-electron chi connectivity index (χ3n) is 9.75. The summed E-state index contributed by atoms with van der Waals surface area (Å²) >= 11 is 0. The molecule has 1 saturated carbocycles. The van der Waals surface area contributed by atoms with Gasteiger partial charge in [0.25, 0.3) is 5.91 Å². The topological polar surface area (TPSA) is 86.7 Å². The standard InChI is InChI=1S/C29H49N5O3S/c1-21(2)24-8-6-7-23(19-24)9-10-27-22(3)28(31-20-30-27)29(35)34-17-13-26(14-18-34)33-15-11-25(12-16-33)32(4)38(5,36)37/h20-21,23-26H,6-19H2,1-5H3. The van der Waals surface area contributed by atoms with E-state index in [9.17, 15) is 13.2 Å². The lowest BCUT2D eigenvalue weighted by molar-refractivity contribution is 0.0542. The maximum absolute atomic E-state index is 13.5. The number of piperidine rings is 2. The normalized spacial score (nSPS) is 24.9. The Balaban J connectivity index is 1.27. The average Bonchev–Trinajstić information content (AvgIpc) is 2.91. The monoisotopic (exact) mass is 547 g/mol. The second kappa shape index (κ2) is 12.7. The highest BCUT2D eigenvalue weighted by Crippen LogP contribution is 2.36. The maximum atomic E-state index is 13.5. The number of carbonyl (C=O) groups is 1. The minimum absolute atomic E-state index is 0.0376.